The van der Waals surface area contributed by atoms with Gasteiger partial charge in [-0.2, -0.15) is 0 Å². The molecule has 0 radical (unpaired) electrons. The van der Waals surface area contributed by atoms with Gasteiger partial charge >= 0.3 is 0 Å². The van der Waals surface area contributed by atoms with Gasteiger partial charge in [0.1, 0.15) is 0 Å². The zero-order valence-corrected chi connectivity index (χ0v) is 29.7. The second-order valence-corrected chi connectivity index (χ2v) is 13.7. The predicted molar refractivity (Wildman–Crippen MR) is 229 cm³/mol. The molecule has 254 valence electrons. The Hall–Kier alpha value is -7.16. The number of hydrogen-bond donors (Lipinski definition) is 0. The highest BCUT2D eigenvalue weighted by molar-refractivity contribution is 6.17. The Morgan fingerprint density at radius 3 is 1.74 bits per heavy atom. The van der Waals surface area contributed by atoms with Crippen molar-refractivity contribution in [1.82, 2.24) is 4.57 Å². The first-order valence-corrected chi connectivity index (χ1v) is 18.5. The molecule has 54 heavy (non-hydrogen) atoms. The first-order chi connectivity index (χ1) is 26.8. The second-order valence-electron chi connectivity index (χ2n) is 13.7. The molecule has 10 aromatic rings. The van der Waals surface area contributed by atoms with E-state index >= 15 is 0 Å². The van der Waals surface area contributed by atoms with E-state index in [4.69, 9.17) is 0 Å². The summed E-state index contributed by atoms with van der Waals surface area (Å²) in [6.45, 7) is 0. The maximum atomic E-state index is 2.46. The fourth-order valence-corrected chi connectivity index (χ4v) is 8.18. The van der Waals surface area contributed by atoms with E-state index in [0.717, 1.165) is 28.3 Å². The molecule has 0 unspecified atom stereocenters. The number of hydrogen-bond acceptors (Lipinski definition) is 1. The molecule has 0 fully saturated rings. The predicted octanol–water partition coefficient (Wildman–Crippen LogP) is 14.4. The number of rotatable bonds is 7. The van der Waals surface area contributed by atoms with Crippen LogP contribution in [0.15, 0.2) is 218 Å². The van der Waals surface area contributed by atoms with Gasteiger partial charge in [0.2, 0.25) is 0 Å². The summed E-state index contributed by atoms with van der Waals surface area (Å²) >= 11 is 0. The molecule has 0 N–H and O–H groups in total. The van der Waals surface area contributed by atoms with Crippen LogP contribution in [0.5, 0.6) is 0 Å². The molecule has 0 amide bonds. The molecular weight excluding hydrogens is 653 g/mol. The fourth-order valence-electron chi connectivity index (χ4n) is 8.18. The van der Waals surface area contributed by atoms with Gasteiger partial charge < -0.3 is 9.47 Å². The van der Waals surface area contributed by atoms with Crippen LogP contribution in [-0.2, 0) is 0 Å². The van der Waals surface area contributed by atoms with Crippen molar-refractivity contribution in [3.8, 4) is 39.1 Å². The molecule has 10 rings (SSSR count). The van der Waals surface area contributed by atoms with E-state index in [1.54, 1.807) is 0 Å². The quantitative estimate of drug-likeness (QED) is 0.162. The van der Waals surface area contributed by atoms with Gasteiger partial charge in [-0.1, -0.05) is 170 Å². The van der Waals surface area contributed by atoms with Crippen molar-refractivity contribution in [3.05, 3.63) is 218 Å². The third-order valence-corrected chi connectivity index (χ3v) is 10.6. The van der Waals surface area contributed by atoms with E-state index in [-0.39, 0.29) is 0 Å². The summed E-state index contributed by atoms with van der Waals surface area (Å²) in [6.07, 6.45) is 0. The standard InChI is InChI=1S/C52H36N2/c1-4-18-37(19-5-1)40-34-35-49(46(36-40)39-20-6-2-7-21-39)53(41-24-8-3-9-25-41)50-32-17-33-51-52(50)45-28-13-15-31-48(45)54(51)47-30-14-12-27-44(47)43-29-16-23-38-22-10-11-26-42(38)43/h1-36H. The second kappa shape index (κ2) is 13.4. The Labute approximate surface area is 315 Å². The lowest BCUT2D eigenvalue weighted by Crippen LogP contribution is -2.12. The van der Waals surface area contributed by atoms with Gasteiger partial charge in [-0.3, -0.25) is 0 Å². The van der Waals surface area contributed by atoms with Crippen LogP contribution in [0.25, 0.3) is 71.6 Å². The van der Waals surface area contributed by atoms with E-state index in [9.17, 15) is 0 Å². The van der Waals surface area contributed by atoms with Crippen molar-refractivity contribution in [2.45, 2.75) is 0 Å². The molecule has 0 aliphatic rings. The number of aromatic nitrogens is 1. The molecule has 0 atom stereocenters. The van der Waals surface area contributed by atoms with Crippen LogP contribution in [0, 0.1) is 0 Å². The Balaban J connectivity index is 1.26. The van der Waals surface area contributed by atoms with E-state index in [1.807, 2.05) is 0 Å². The molecular formula is C52H36N2. The summed E-state index contributed by atoms with van der Waals surface area (Å²) in [5.74, 6) is 0. The number of anilines is 3. The molecule has 2 heteroatoms. The summed E-state index contributed by atoms with van der Waals surface area (Å²) in [6, 6.07) is 78.9. The highest BCUT2D eigenvalue weighted by Crippen LogP contribution is 2.48. The first-order valence-electron chi connectivity index (χ1n) is 18.5. The van der Waals surface area contributed by atoms with Gasteiger partial charge in [0.15, 0.2) is 0 Å². The summed E-state index contributed by atoms with van der Waals surface area (Å²) in [5.41, 5.74) is 14.0. The van der Waals surface area contributed by atoms with Crippen molar-refractivity contribution < 1.29 is 0 Å². The number of benzene rings is 9. The minimum absolute atomic E-state index is 1.10. The minimum Gasteiger partial charge on any atom is -0.309 e. The van der Waals surface area contributed by atoms with Crippen molar-refractivity contribution in [2.75, 3.05) is 4.90 Å². The van der Waals surface area contributed by atoms with E-state index < -0.39 is 0 Å². The summed E-state index contributed by atoms with van der Waals surface area (Å²) in [7, 11) is 0. The molecule has 0 bridgehead atoms. The number of para-hydroxylation sites is 3. The van der Waals surface area contributed by atoms with Crippen LogP contribution in [0.2, 0.25) is 0 Å². The Bertz CT molecular complexity index is 2920. The van der Waals surface area contributed by atoms with Crippen LogP contribution in [0.3, 0.4) is 0 Å². The maximum Gasteiger partial charge on any atom is 0.0562 e. The van der Waals surface area contributed by atoms with E-state index in [0.29, 0.717) is 0 Å². The molecule has 0 aliphatic carbocycles. The summed E-state index contributed by atoms with van der Waals surface area (Å²) < 4.78 is 2.46. The maximum absolute atomic E-state index is 2.46. The molecule has 0 saturated heterocycles. The largest absolute Gasteiger partial charge is 0.309 e. The first kappa shape index (κ1) is 31.6. The zero-order valence-electron chi connectivity index (χ0n) is 29.7. The van der Waals surface area contributed by atoms with E-state index in [2.05, 4.69) is 228 Å². The van der Waals surface area contributed by atoms with E-state index in [1.165, 1.54) is 60.4 Å². The molecule has 0 saturated carbocycles. The molecule has 0 spiro atoms. The van der Waals surface area contributed by atoms with Crippen molar-refractivity contribution in [3.63, 3.8) is 0 Å². The number of fused-ring (bicyclic) bond motifs is 4. The summed E-state index contributed by atoms with van der Waals surface area (Å²) in [5, 5.41) is 4.90. The van der Waals surface area contributed by atoms with Crippen molar-refractivity contribution in [1.29, 1.82) is 0 Å². The van der Waals surface area contributed by atoms with Crippen LogP contribution >= 0.6 is 0 Å². The van der Waals surface area contributed by atoms with Crippen molar-refractivity contribution >= 4 is 49.6 Å². The molecule has 1 aromatic heterocycles. The Morgan fingerprint density at radius 2 is 0.926 bits per heavy atom. The summed E-state index contributed by atoms with van der Waals surface area (Å²) in [4.78, 5) is 2.45. The molecule has 2 nitrogen and oxygen atoms in total. The van der Waals surface area contributed by atoms with Gasteiger partial charge in [0.05, 0.1) is 28.1 Å². The van der Waals surface area contributed by atoms with Gasteiger partial charge in [-0.15, -0.1) is 0 Å². The van der Waals surface area contributed by atoms with Crippen molar-refractivity contribution in [2.24, 2.45) is 0 Å². The van der Waals surface area contributed by atoms with Gasteiger partial charge in [-0.05, 0) is 81.6 Å². The highest BCUT2D eigenvalue weighted by Gasteiger charge is 2.24. The van der Waals surface area contributed by atoms with Gasteiger partial charge in [0, 0.05) is 27.6 Å². The van der Waals surface area contributed by atoms with Crippen LogP contribution in [0.1, 0.15) is 0 Å². The Kier molecular flexibility index (Phi) is 7.85. The lowest BCUT2D eigenvalue weighted by Gasteiger charge is -2.29. The Morgan fingerprint density at radius 1 is 0.333 bits per heavy atom. The highest BCUT2D eigenvalue weighted by atomic mass is 15.2. The average Bonchev–Trinajstić information content (AvgIpc) is 3.59. The smallest absolute Gasteiger partial charge is 0.0562 e. The minimum atomic E-state index is 1.10. The lowest BCUT2D eigenvalue weighted by atomic mass is 9.96. The SMILES string of the molecule is c1ccc(-c2ccc(N(c3ccccc3)c3cccc4c3c3ccccc3n4-c3ccccc3-c3cccc4ccccc34)c(-c3ccccc3)c2)cc1. The molecule has 1 heterocycles. The number of nitrogens with zero attached hydrogens (tertiary/aromatic N) is 2. The van der Waals surface area contributed by atoms with Gasteiger partial charge in [-0.25, -0.2) is 0 Å². The monoisotopic (exact) mass is 688 g/mol. The average molecular weight is 689 g/mol. The van der Waals surface area contributed by atoms with Crippen LogP contribution < -0.4 is 4.90 Å². The fraction of sp³-hybridized carbons (Fsp3) is 0. The normalized spacial score (nSPS) is 11.3. The van der Waals surface area contributed by atoms with Crippen LogP contribution in [-0.4, -0.2) is 4.57 Å². The van der Waals surface area contributed by atoms with Gasteiger partial charge in [0.25, 0.3) is 0 Å². The molecule has 9 aromatic carbocycles. The third-order valence-electron chi connectivity index (χ3n) is 10.6. The zero-order chi connectivity index (χ0) is 35.8. The van der Waals surface area contributed by atoms with Crippen LogP contribution in [0.4, 0.5) is 17.1 Å². The lowest BCUT2D eigenvalue weighted by molar-refractivity contribution is 1.18. The molecule has 0 aliphatic heterocycles. The topological polar surface area (TPSA) is 8.17 Å². The third kappa shape index (κ3) is 5.36.